The van der Waals surface area contributed by atoms with Crippen LogP contribution in [0, 0.1) is 0 Å². The van der Waals surface area contributed by atoms with Crippen LogP contribution < -0.4 is 39.3 Å². The average molecular weight is 296 g/mol. The third kappa shape index (κ3) is 7.69. The van der Waals surface area contributed by atoms with Gasteiger partial charge in [-0.2, -0.15) is 8.60 Å². The van der Waals surface area contributed by atoms with Crippen LogP contribution in [-0.2, 0) is 17.1 Å². The van der Waals surface area contributed by atoms with E-state index in [2.05, 4.69) is 17.1 Å². The summed E-state index contributed by atoms with van der Waals surface area (Å²) in [5, 5.41) is 1.20. The van der Waals surface area contributed by atoms with Crippen LogP contribution in [0.4, 0.5) is 0 Å². The third-order valence-electron chi connectivity index (χ3n) is 1.51. The van der Waals surface area contributed by atoms with Crippen molar-refractivity contribution >= 4 is 19.5 Å². The van der Waals surface area contributed by atoms with Gasteiger partial charge in [0.15, 0.2) is 0 Å². The second kappa shape index (κ2) is 10.6. The van der Waals surface area contributed by atoms with Crippen molar-refractivity contribution in [2.24, 2.45) is 0 Å². The zero-order valence-electron chi connectivity index (χ0n) is 8.50. The fraction of sp³-hybridized carbons (Fsp3) is 0. The van der Waals surface area contributed by atoms with Gasteiger partial charge in [-0.3, -0.25) is 4.98 Å². The zero-order valence-corrected chi connectivity index (χ0v) is 12.3. The fourth-order valence-corrected chi connectivity index (χ4v) is 1.02. The summed E-state index contributed by atoms with van der Waals surface area (Å²) < 4.78 is 0. The van der Waals surface area contributed by atoms with Crippen molar-refractivity contribution in [3.05, 3.63) is 42.6 Å². The Labute approximate surface area is 127 Å². The van der Waals surface area contributed by atoms with Crippen molar-refractivity contribution in [1.82, 2.24) is 4.98 Å². The van der Waals surface area contributed by atoms with Crippen LogP contribution in [0.1, 0.15) is 0 Å². The maximum Gasteiger partial charge on any atom is 1.00 e. The molecule has 0 saturated carbocycles. The maximum absolute atomic E-state index is 8.59. The first-order valence-electron chi connectivity index (χ1n) is 3.83. The Morgan fingerprint density at radius 2 is 1.56 bits per heavy atom. The van der Waals surface area contributed by atoms with E-state index in [0.29, 0.717) is 0 Å². The molecule has 0 atom stereocenters. The first-order chi connectivity index (χ1) is 6.70. The number of pyridine rings is 1. The van der Waals surface area contributed by atoms with Crippen LogP contribution in [0.3, 0.4) is 0 Å². The van der Waals surface area contributed by atoms with Gasteiger partial charge in [0.2, 0.25) is 0 Å². The van der Waals surface area contributed by atoms with Crippen molar-refractivity contribution in [3.63, 3.8) is 0 Å². The minimum Gasteiger partial charge on any atom is -0.820 e. The molecule has 1 N–H and O–H groups in total. The number of aromatic nitrogens is 1. The molecule has 2 rings (SSSR count). The molecule has 1 aromatic carbocycles. The van der Waals surface area contributed by atoms with E-state index in [1.54, 1.807) is 0 Å². The quantitative estimate of drug-likeness (QED) is 0.419. The molecular weight excluding hydrogens is 288 g/mol. The molecule has 0 unspecified atom stereocenters. The van der Waals surface area contributed by atoms with Gasteiger partial charge < -0.3 is 14.7 Å². The standard InChI is InChI=1S/C9H7N.Cu.Na.HO3P/c1-2-6-9-8(4-1)5-3-7-10-9;;;1-4(2)3/h1-7H;;;1H/q;2*+1;-2. The molecule has 84 valence electrons. The van der Waals surface area contributed by atoms with Crippen molar-refractivity contribution in [2.75, 3.05) is 0 Å². The van der Waals surface area contributed by atoms with Crippen LogP contribution >= 0.6 is 8.60 Å². The molecule has 16 heavy (non-hydrogen) atoms. The van der Waals surface area contributed by atoms with Crippen LogP contribution in [0.15, 0.2) is 42.6 Å². The van der Waals surface area contributed by atoms with Crippen molar-refractivity contribution in [2.45, 2.75) is 0 Å². The summed E-state index contributed by atoms with van der Waals surface area (Å²) >= 11 is 0. The van der Waals surface area contributed by atoms with Crippen LogP contribution in [-0.4, -0.2) is 9.88 Å². The molecule has 0 aliphatic heterocycles. The van der Waals surface area contributed by atoms with Gasteiger partial charge >= 0.3 is 46.6 Å². The zero-order chi connectivity index (χ0) is 10.4. The van der Waals surface area contributed by atoms with Gasteiger partial charge in [-0.05, 0) is 12.1 Å². The molecule has 4 nitrogen and oxygen atoms in total. The Balaban J connectivity index is 0. The summed E-state index contributed by atoms with van der Waals surface area (Å²) in [5.41, 5.74) is 1.06. The number of para-hydroxylation sites is 1. The number of hydrogen-bond donors (Lipinski definition) is 1. The van der Waals surface area contributed by atoms with Crippen LogP contribution in [0.25, 0.3) is 10.9 Å². The SMILES string of the molecule is [Cu+].[Na+].[O-]P([O-])O.c1ccc2ncccc2c1. The minimum atomic E-state index is -3.12. The topological polar surface area (TPSA) is 79.2 Å². The summed E-state index contributed by atoms with van der Waals surface area (Å²) in [5.74, 6) is 0. The smallest absolute Gasteiger partial charge is 0.820 e. The Morgan fingerprint density at radius 1 is 1.06 bits per heavy atom. The van der Waals surface area contributed by atoms with Crippen molar-refractivity contribution in [3.8, 4) is 0 Å². The van der Waals surface area contributed by atoms with E-state index >= 15 is 0 Å². The van der Waals surface area contributed by atoms with E-state index in [9.17, 15) is 0 Å². The molecule has 0 bridgehead atoms. The minimum absolute atomic E-state index is 0. The fourth-order valence-electron chi connectivity index (χ4n) is 1.02. The van der Waals surface area contributed by atoms with Crippen LogP contribution in [0.5, 0.6) is 0 Å². The van der Waals surface area contributed by atoms with Gasteiger partial charge in [0.25, 0.3) is 0 Å². The molecule has 0 amide bonds. The van der Waals surface area contributed by atoms with Gasteiger partial charge in [-0.25, -0.2) is 0 Å². The normalized spacial score (nSPS) is 8.50. The number of fused-ring (bicyclic) bond motifs is 1. The van der Waals surface area contributed by atoms with E-state index < -0.39 is 8.60 Å². The molecule has 0 saturated heterocycles. The predicted octanol–water partition coefficient (Wildman–Crippen LogP) is -2.84. The number of benzene rings is 1. The van der Waals surface area contributed by atoms with Crippen LogP contribution in [0.2, 0.25) is 0 Å². The number of rotatable bonds is 0. The van der Waals surface area contributed by atoms with Gasteiger partial charge in [0.1, 0.15) is 0 Å². The van der Waals surface area contributed by atoms with Gasteiger partial charge in [0.05, 0.1) is 5.52 Å². The first kappa shape index (κ1) is 18.8. The van der Waals surface area contributed by atoms with E-state index in [0.717, 1.165) is 5.52 Å². The van der Waals surface area contributed by atoms with Gasteiger partial charge in [-0.1, -0.05) is 24.3 Å². The molecule has 0 radical (unpaired) electrons. The summed E-state index contributed by atoms with van der Waals surface area (Å²) in [4.78, 5) is 28.4. The second-order valence-electron chi connectivity index (χ2n) is 2.43. The van der Waals surface area contributed by atoms with Gasteiger partial charge in [-0.15, -0.1) is 0 Å². The molecule has 0 aliphatic rings. The van der Waals surface area contributed by atoms with E-state index in [1.807, 2.05) is 30.5 Å². The molecule has 0 fully saturated rings. The number of hydrogen-bond acceptors (Lipinski definition) is 4. The maximum atomic E-state index is 8.59. The molecule has 0 spiro atoms. The molecule has 1 aromatic heterocycles. The summed E-state index contributed by atoms with van der Waals surface area (Å²) in [6.07, 6.45) is 1.81. The Morgan fingerprint density at radius 3 is 2.12 bits per heavy atom. The van der Waals surface area contributed by atoms with E-state index in [-0.39, 0.29) is 46.6 Å². The predicted molar refractivity (Wildman–Crippen MR) is 50.9 cm³/mol. The third-order valence-corrected chi connectivity index (χ3v) is 1.51. The molecular formula is C9H8CuNNaO3P. The van der Waals surface area contributed by atoms with Crippen molar-refractivity contribution in [1.29, 1.82) is 0 Å². The molecule has 0 aliphatic carbocycles. The van der Waals surface area contributed by atoms with E-state index in [1.165, 1.54) is 5.39 Å². The monoisotopic (exact) mass is 295 g/mol. The average Bonchev–Trinajstić information content (AvgIpc) is 2.17. The van der Waals surface area contributed by atoms with E-state index in [4.69, 9.17) is 14.7 Å². The second-order valence-corrected chi connectivity index (χ2v) is 2.91. The van der Waals surface area contributed by atoms with Crippen molar-refractivity contribution < 1.29 is 61.3 Å². The Hall–Kier alpha value is 0.459. The summed E-state index contributed by atoms with van der Waals surface area (Å²) in [7, 11) is -3.12. The summed E-state index contributed by atoms with van der Waals surface area (Å²) in [6.45, 7) is 0. The largest absolute Gasteiger partial charge is 1.00 e. The van der Waals surface area contributed by atoms with Gasteiger partial charge in [0, 0.05) is 11.6 Å². The number of nitrogens with zero attached hydrogens (tertiary/aromatic N) is 1. The molecule has 2 aromatic rings. The Bertz CT molecular complexity index is 337. The summed E-state index contributed by atoms with van der Waals surface area (Å²) in [6, 6.07) is 12.1. The Kier molecular flexibility index (Phi) is 12.5. The first-order valence-corrected chi connectivity index (χ1v) is 4.96. The molecule has 1 heterocycles. The molecule has 7 heteroatoms.